The first-order valence-corrected chi connectivity index (χ1v) is 10.7. The zero-order valence-electron chi connectivity index (χ0n) is 18.6. The molecule has 2 atom stereocenters. The Kier molecular flexibility index (Phi) is 4.85. The quantitative estimate of drug-likeness (QED) is 0.515. The minimum Gasteiger partial charge on any atom is -0.369 e. The number of halogens is 1. The second-order valence-corrected chi connectivity index (χ2v) is 8.62. The van der Waals surface area contributed by atoms with Crippen LogP contribution < -0.4 is 15.5 Å². The second kappa shape index (κ2) is 7.59. The molecule has 0 bridgehead atoms. The fourth-order valence-corrected chi connectivity index (χ4v) is 4.65. The van der Waals surface area contributed by atoms with Gasteiger partial charge in [0.2, 0.25) is 0 Å². The highest BCUT2D eigenvalue weighted by Crippen LogP contribution is 2.33. The van der Waals surface area contributed by atoms with Crippen molar-refractivity contribution in [1.82, 2.24) is 24.5 Å². The third kappa shape index (κ3) is 3.38. The first-order valence-electron chi connectivity index (χ1n) is 10.7. The highest BCUT2D eigenvalue weighted by Gasteiger charge is 2.30. The van der Waals surface area contributed by atoms with E-state index in [0.717, 1.165) is 24.2 Å². The van der Waals surface area contributed by atoms with Gasteiger partial charge in [0.1, 0.15) is 5.52 Å². The molecule has 1 amide bonds. The number of rotatable bonds is 4. The predicted molar refractivity (Wildman–Crippen MR) is 123 cm³/mol. The first kappa shape index (κ1) is 20.4. The second-order valence-electron chi connectivity index (χ2n) is 8.62. The molecule has 1 aliphatic rings. The Morgan fingerprint density at radius 2 is 2.03 bits per heavy atom. The van der Waals surface area contributed by atoms with Crippen molar-refractivity contribution >= 4 is 33.8 Å². The number of anilines is 2. The van der Waals surface area contributed by atoms with Gasteiger partial charge in [0.25, 0.3) is 5.91 Å². The van der Waals surface area contributed by atoms with Crippen molar-refractivity contribution in [2.24, 2.45) is 13.0 Å². The fraction of sp³-hybridized carbons (Fsp3) is 0.348. The van der Waals surface area contributed by atoms with Crippen molar-refractivity contribution in [3.63, 3.8) is 0 Å². The molecule has 32 heavy (non-hydrogen) atoms. The summed E-state index contributed by atoms with van der Waals surface area (Å²) >= 11 is 0. The topological polar surface area (TPSA) is 79.5 Å². The smallest absolute Gasteiger partial charge is 0.257 e. The van der Waals surface area contributed by atoms with Crippen LogP contribution in [-0.2, 0) is 7.05 Å². The zero-order valence-corrected chi connectivity index (χ0v) is 18.6. The summed E-state index contributed by atoms with van der Waals surface area (Å²) in [7, 11) is 3.84. The van der Waals surface area contributed by atoms with Crippen molar-refractivity contribution < 1.29 is 9.18 Å². The van der Waals surface area contributed by atoms with Crippen molar-refractivity contribution in [3.05, 3.63) is 53.9 Å². The lowest BCUT2D eigenvalue weighted by Gasteiger charge is -2.20. The molecule has 4 heterocycles. The van der Waals surface area contributed by atoms with Crippen molar-refractivity contribution in [1.29, 1.82) is 0 Å². The van der Waals surface area contributed by atoms with Crippen molar-refractivity contribution in [2.45, 2.75) is 19.9 Å². The molecule has 2 unspecified atom stereocenters. The van der Waals surface area contributed by atoms with Gasteiger partial charge in [0, 0.05) is 61.9 Å². The average Bonchev–Trinajstić information content (AvgIpc) is 3.42. The highest BCUT2D eigenvalue weighted by molar-refractivity contribution is 6.13. The van der Waals surface area contributed by atoms with Gasteiger partial charge in [-0.1, -0.05) is 6.92 Å². The Balaban J connectivity index is 1.49. The molecular weight excluding hydrogens is 409 g/mol. The van der Waals surface area contributed by atoms with E-state index in [0.29, 0.717) is 34.4 Å². The van der Waals surface area contributed by atoms with Crippen LogP contribution in [0.25, 0.3) is 16.6 Å². The molecular formula is C23H26FN7O. The molecule has 3 aromatic heterocycles. The van der Waals surface area contributed by atoms with Crippen LogP contribution in [-0.4, -0.2) is 51.3 Å². The Labute approximate surface area is 185 Å². The SMILES string of the molecule is CNC1CN(c2ccc(C(=O)Nc3cc(F)c4nc(C)cn4c3)c3nn(C)cc23)CC1C. The van der Waals surface area contributed by atoms with Crippen LogP contribution in [0.2, 0.25) is 0 Å². The molecule has 166 valence electrons. The highest BCUT2D eigenvalue weighted by atomic mass is 19.1. The van der Waals surface area contributed by atoms with Crippen LogP contribution in [0.1, 0.15) is 23.0 Å². The largest absolute Gasteiger partial charge is 0.369 e. The van der Waals surface area contributed by atoms with Gasteiger partial charge < -0.3 is 19.9 Å². The molecule has 1 aliphatic heterocycles. The summed E-state index contributed by atoms with van der Waals surface area (Å²) in [5.41, 5.74) is 3.44. The van der Waals surface area contributed by atoms with E-state index in [-0.39, 0.29) is 11.6 Å². The maximum Gasteiger partial charge on any atom is 0.257 e. The van der Waals surface area contributed by atoms with Crippen LogP contribution in [0.3, 0.4) is 0 Å². The van der Waals surface area contributed by atoms with E-state index in [1.54, 1.807) is 34.5 Å². The Morgan fingerprint density at radius 3 is 2.78 bits per heavy atom. The number of nitrogens with one attached hydrogen (secondary N) is 2. The van der Waals surface area contributed by atoms with Gasteiger partial charge in [0.15, 0.2) is 11.5 Å². The number of benzene rings is 1. The predicted octanol–water partition coefficient (Wildman–Crippen LogP) is 2.96. The number of aryl methyl sites for hydroxylation is 2. The van der Waals surface area contributed by atoms with E-state index in [1.807, 2.05) is 26.4 Å². The third-order valence-corrected chi connectivity index (χ3v) is 6.22. The van der Waals surface area contributed by atoms with Gasteiger partial charge in [-0.05, 0) is 32.0 Å². The normalized spacial score (nSPS) is 18.7. The van der Waals surface area contributed by atoms with Gasteiger partial charge in [-0.2, -0.15) is 5.10 Å². The molecule has 8 nitrogen and oxygen atoms in total. The van der Waals surface area contributed by atoms with Crippen LogP contribution >= 0.6 is 0 Å². The summed E-state index contributed by atoms with van der Waals surface area (Å²) < 4.78 is 17.7. The van der Waals surface area contributed by atoms with E-state index in [9.17, 15) is 9.18 Å². The number of fused-ring (bicyclic) bond motifs is 2. The van der Waals surface area contributed by atoms with Crippen molar-refractivity contribution in [3.8, 4) is 0 Å². The number of likely N-dealkylation sites (N-methyl/N-ethyl adjacent to an activating group) is 1. The molecule has 1 aromatic carbocycles. The van der Waals surface area contributed by atoms with E-state index in [4.69, 9.17) is 0 Å². The number of hydrogen-bond donors (Lipinski definition) is 2. The van der Waals surface area contributed by atoms with E-state index < -0.39 is 5.82 Å². The minimum atomic E-state index is -0.489. The minimum absolute atomic E-state index is 0.233. The molecule has 4 aromatic rings. The first-order chi connectivity index (χ1) is 15.3. The lowest BCUT2D eigenvalue weighted by atomic mass is 10.1. The lowest BCUT2D eigenvalue weighted by Crippen LogP contribution is -2.32. The maximum absolute atomic E-state index is 14.4. The zero-order chi connectivity index (χ0) is 22.6. The number of imidazole rings is 1. The summed E-state index contributed by atoms with van der Waals surface area (Å²) in [5.74, 6) is -0.304. The molecule has 1 fully saturated rings. The maximum atomic E-state index is 14.4. The third-order valence-electron chi connectivity index (χ3n) is 6.22. The Bertz CT molecular complexity index is 1340. The Morgan fingerprint density at radius 1 is 1.22 bits per heavy atom. The summed E-state index contributed by atoms with van der Waals surface area (Å²) in [5, 5.41) is 11.7. The van der Waals surface area contributed by atoms with Gasteiger partial charge in [-0.15, -0.1) is 0 Å². The van der Waals surface area contributed by atoms with Gasteiger partial charge in [-0.3, -0.25) is 9.48 Å². The average molecular weight is 436 g/mol. The molecule has 5 rings (SSSR count). The summed E-state index contributed by atoms with van der Waals surface area (Å²) in [6.07, 6.45) is 5.32. The number of nitrogens with zero attached hydrogens (tertiary/aromatic N) is 5. The Hall–Kier alpha value is -3.46. The van der Waals surface area contributed by atoms with E-state index in [2.05, 4.69) is 32.5 Å². The van der Waals surface area contributed by atoms with Gasteiger partial charge >= 0.3 is 0 Å². The van der Waals surface area contributed by atoms with Gasteiger partial charge in [-0.25, -0.2) is 9.37 Å². The summed E-state index contributed by atoms with van der Waals surface area (Å²) in [6.45, 7) is 5.87. The molecule has 1 saturated heterocycles. The number of carbonyl (C=O) groups is 1. The summed E-state index contributed by atoms with van der Waals surface area (Å²) in [4.78, 5) is 19.6. The fourth-order valence-electron chi connectivity index (χ4n) is 4.65. The molecule has 0 saturated carbocycles. The molecule has 9 heteroatoms. The van der Waals surface area contributed by atoms with Crippen LogP contribution in [0, 0.1) is 18.7 Å². The number of carbonyl (C=O) groups excluding carboxylic acids is 1. The van der Waals surface area contributed by atoms with Crippen molar-refractivity contribution in [2.75, 3.05) is 30.4 Å². The van der Waals surface area contributed by atoms with E-state index >= 15 is 0 Å². The molecule has 2 N–H and O–H groups in total. The standard InChI is InChI=1S/C23H26FN7O/c1-13-8-30(12-19(13)25-3)20-6-5-16(21-17(20)11-29(4)28-21)23(32)27-15-7-18(24)22-26-14(2)9-31(22)10-15/h5-7,9-11,13,19,25H,8,12H2,1-4H3,(H,27,32). The number of pyridine rings is 1. The monoisotopic (exact) mass is 435 g/mol. The number of hydrogen-bond acceptors (Lipinski definition) is 5. The lowest BCUT2D eigenvalue weighted by molar-refractivity contribution is 0.102. The summed E-state index contributed by atoms with van der Waals surface area (Å²) in [6, 6.07) is 5.48. The van der Waals surface area contributed by atoms with E-state index in [1.165, 1.54) is 6.07 Å². The van der Waals surface area contributed by atoms with Gasteiger partial charge in [0.05, 0.1) is 16.9 Å². The molecule has 0 spiro atoms. The van der Waals surface area contributed by atoms with Crippen LogP contribution in [0.4, 0.5) is 15.8 Å². The number of amides is 1. The molecule has 0 radical (unpaired) electrons. The van der Waals surface area contributed by atoms with Crippen LogP contribution in [0.15, 0.2) is 36.8 Å². The number of aromatic nitrogens is 4. The van der Waals surface area contributed by atoms with Crippen LogP contribution in [0.5, 0.6) is 0 Å². The molecule has 0 aliphatic carbocycles.